The largest absolute Gasteiger partial charge is 0.486 e. The Bertz CT molecular complexity index is 1670. The number of likely N-dealkylation sites (N-methyl/N-ethyl adjacent to an activating group) is 1. The Kier molecular flexibility index (Phi) is 13.8. The maximum Gasteiger partial charge on any atom is 0.255 e. The third-order valence-corrected chi connectivity index (χ3v) is 9.72. The van der Waals surface area contributed by atoms with Gasteiger partial charge in [0, 0.05) is 57.5 Å². The average Bonchev–Trinajstić information content (AvgIpc) is 3.81. The molecule has 13 heteroatoms. The Balaban J connectivity index is 1.41. The Hall–Kier alpha value is -4.81. The van der Waals surface area contributed by atoms with E-state index in [2.05, 4.69) is 20.8 Å². The number of aryl methyl sites for hydroxylation is 1. The molecule has 5 rings (SSSR count). The van der Waals surface area contributed by atoms with E-state index >= 15 is 0 Å². The molecule has 0 spiro atoms. The van der Waals surface area contributed by atoms with Gasteiger partial charge in [-0.15, -0.1) is 0 Å². The Morgan fingerprint density at radius 1 is 0.981 bits per heavy atom. The highest BCUT2D eigenvalue weighted by molar-refractivity contribution is 6.00. The molecule has 52 heavy (non-hydrogen) atoms. The summed E-state index contributed by atoms with van der Waals surface area (Å²) in [6.07, 6.45) is 11.4. The van der Waals surface area contributed by atoms with Crippen molar-refractivity contribution in [3.63, 3.8) is 0 Å². The lowest BCUT2D eigenvalue weighted by molar-refractivity contribution is -0.147. The van der Waals surface area contributed by atoms with Gasteiger partial charge in [0.1, 0.15) is 47.8 Å². The summed E-state index contributed by atoms with van der Waals surface area (Å²) < 4.78 is 25.8. The summed E-state index contributed by atoms with van der Waals surface area (Å²) in [5, 5.41) is 9.99. The molecule has 2 N–H and O–H groups in total. The molecule has 3 aromatic rings. The molecule has 2 aromatic heterocycles. The number of carbonyl (C=O) groups excluding carboxylic acids is 4. The van der Waals surface area contributed by atoms with Crippen molar-refractivity contribution in [3.05, 3.63) is 77.2 Å². The van der Waals surface area contributed by atoms with E-state index in [4.69, 9.17) is 9.26 Å². The maximum absolute atomic E-state index is 14.4. The fraction of sp³-hybridized carbons (Fsp3) is 0.538. The van der Waals surface area contributed by atoms with Gasteiger partial charge in [0.2, 0.25) is 17.7 Å². The van der Waals surface area contributed by atoms with Gasteiger partial charge in [-0.1, -0.05) is 50.8 Å². The van der Waals surface area contributed by atoms with Gasteiger partial charge in [0.05, 0.1) is 5.56 Å². The van der Waals surface area contributed by atoms with Crippen molar-refractivity contribution in [2.75, 3.05) is 20.1 Å². The van der Waals surface area contributed by atoms with Crippen LogP contribution in [-0.2, 0) is 33.8 Å². The fourth-order valence-corrected chi connectivity index (χ4v) is 6.91. The van der Waals surface area contributed by atoms with Crippen LogP contribution in [0, 0.1) is 11.7 Å². The van der Waals surface area contributed by atoms with E-state index in [0.717, 1.165) is 62.0 Å². The van der Waals surface area contributed by atoms with E-state index in [9.17, 15) is 23.6 Å². The zero-order valence-corrected chi connectivity index (χ0v) is 30.4. The van der Waals surface area contributed by atoms with E-state index in [1.54, 1.807) is 31.6 Å². The van der Waals surface area contributed by atoms with E-state index in [1.165, 1.54) is 15.9 Å². The van der Waals surface area contributed by atoms with Crippen LogP contribution >= 0.6 is 0 Å². The highest BCUT2D eigenvalue weighted by Crippen LogP contribution is 2.26. The van der Waals surface area contributed by atoms with Gasteiger partial charge in [-0.25, -0.2) is 4.39 Å². The number of fused-ring (bicyclic) bond motifs is 4. The highest BCUT2D eigenvalue weighted by Gasteiger charge is 2.41. The molecule has 0 unspecified atom stereocenters. The Morgan fingerprint density at radius 3 is 2.54 bits per heavy atom. The van der Waals surface area contributed by atoms with Gasteiger partial charge >= 0.3 is 0 Å². The molecule has 2 bridgehead atoms. The van der Waals surface area contributed by atoms with Crippen molar-refractivity contribution >= 4 is 23.6 Å². The van der Waals surface area contributed by atoms with Gasteiger partial charge in [0.25, 0.3) is 5.91 Å². The predicted molar refractivity (Wildman–Crippen MR) is 192 cm³/mol. The second-order valence-electron chi connectivity index (χ2n) is 14.3. The molecule has 2 aliphatic heterocycles. The van der Waals surface area contributed by atoms with Crippen LogP contribution in [0.15, 0.2) is 53.3 Å². The number of hydrogen-bond donors (Lipinski definition) is 2. The number of halogens is 1. The number of carbonyl (C=O) groups is 4. The lowest BCUT2D eigenvalue weighted by Gasteiger charge is -2.34. The summed E-state index contributed by atoms with van der Waals surface area (Å²) in [4.78, 5) is 63.0. The molecule has 0 radical (unpaired) electrons. The number of nitrogens with one attached hydrogen (secondary N) is 2. The molecule has 2 aliphatic rings. The molecule has 1 fully saturated rings. The summed E-state index contributed by atoms with van der Waals surface area (Å²) in [5.74, 6) is -1.43. The molecule has 3 atom stereocenters. The summed E-state index contributed by atoms with van der Waals surface area (Å²) in [6.45, 7) is 4.67. The average molecular weight is 719 g/mol. The smallest absolute Gasteiger partial charge is 0.255 e. The lowest BCUT2D eigenvalue weighted by Crippen LogP contribution is -2.57. The van der Waals surface area contributed by atoms with Crippen molar-refractivity contribution in [1.29, 1.82) is 0 Å². The zero-order valence-electron chi connectivity index (χ0n) is 30.4. The Morgan fingerprint density at radius 2 is 1.77 bits per heavy atom. The van der Waals surface area contributed by atoms with E-state index in [1.807, 2.05) is 19.9 Å². The van der Waals surface area contributed by atoms with E-state index in [0.29, 0.717) is 44.5 Å². The van der Waals surface area contributed by atoms with Crippen LogP contribution in [0.1, 0.15) is 99.0 Å². The summed E-state index contributed by atoms with van der Waals surface area (Å²) in [5.41, 5.74) is 1.39. The third-order valence-electron chi connectivity index (χ3n) is 9.72. The third kappa shape index (κ3) is 10.4. The van der Waals surface area contributed by atoms with Crippen LogP contribution in [-0.4, -0.2) is 81.8 Å². The number of benzene rings is 1. The van der Waals surface area contributed by atoms with Crippen molar-refractivity contribution in [3.8, 4) is 5.75 Å². The number of rotatable bonds is 4. The maximum atomic E-state index is 14.4. The van der Waals surface area contributed by atoms with Crippen LogP contribution < -0.4 is 15.4 Å². The second kappa shape index (κ2) is 18.6. The first-order chi connectivity index (χ1) is 25.1. The highest BCUT2D eigenvalue weighted by atomic mass is 19.1. The van der Waals surface area contributed by atoms with E-state index < -0.39 is 29.8 Å². The van der Waals surface area contributed by atoms with Crippen molar-refractivity contribution in [2.24, 2.45) is 5.92 Å². The minimum absolute atomic E-state index is 0.00743. The molecule has 0 aliphatic carbocycles. The molecule has 4 amide bonds. The molecule has 12 nitrogen and oxygen atoms in total. The summed E-state index contributed by atoms with van der Waals surface area (Å²) in [7, 11) is 1.61. The van der Waals surface area contributed by atoms with Crippen LogP contribution in [0.4, 0.5) is 4.39 Å². The van der Waals surface area contributed by atoms with Gasteiger partial charge in [-0.2, -0.15) is 0 Å². The SMILES string of the molecule is CC(C)C[C@H]1NC(=O)c2ccc(F)cc2OCc2cc(on2)CCCCCCCCNC(=O)[C@H](Cc2cccnc2)N(C)C(=O)[C@H]2CCCN2C1=O. The van der Waals surface area contributed by atoms with Crippen LogP contribution in [0.3, 0.4) is 0 Å². The topological polar surface area (TPSA) is 147 Å². The first kappa shape index (κ1) is 38.4. The lowest BCUT2D eigenvalue weighted by atomic mass is 10.0. The monoisotopic (exact) mass is 718 g/mol. The zero-order chi connectivity index (χ0) is 37.0. The van der Waals surface area contributed by atoms with Gasteiger partial charge in [0.15, 0.2) is 0 Å². The summed E-state index contributed by atoms with van der Waals surface area (Å²) in [6, 6.07) is 6.51. The fourth-order valence-electron chi connectivity index (χ4n) is 6.91. The van der Waals surface area contributed by atoms with Crippen molar-refractivity contribution in [1.82, 2.24) is 30.6 Å². The number of pyridine rings is 1. The quantitative estimate of drug-likeness (QED) is 0.383. The number of nitrogens with zero attached hydrogens (tertiary/aromatic N) is 4. The van der Waals surface area contributed by atoms with Gasteiger partial charge in [-0.3, -0.25) is 24.2 Å². The molecule has 1 saturated heterocycles. The van der Waals surface area contributed by atoms with Crippen LogP contribution in [0.25, 0.3) is 0 Å². The number of hydrogen-bond acceptors (Lipinski definition) is 8. The molecule has 4 heterocycles. The van der Waals surface area contributed by atoms with Gasteiger partial charge in [-0.05, 0) is 61.8 Å². The second-order valence-corrected chi connectivity index (χ2v) is 14.3. The van der Waals surface area contributed by atoms with Gasteiger partial charge < -0.3 is 29.7 Å². The molecule has 0 saturated carbocycles. The van der Waals surface area contributed by atoms with Crippen LogP contribution in [0.2, 0.25) is 0 Å². The normalized spacial score (nSPS) is 22.0. The number of amides is 4. The summed E-state index contributed by atoms with van der Waals surface area (Å²) >= 11 is 0. The van der Waals surface area contributed by atoms with Crippen molar-refractivity contribution < 1.29 is 32.8 Å². The molecular weight excluding hydrogens is 667 g/mol. The molecule has 1 aromatic carbocycles. The van der Waals surface area contributed by atoms with Crippen LogP contribution in [0.5, 0.6) is 5.75 Å². The molecular formula is C39H51FN6O6. The first-order valence-corrected chi connectivity index (χ1v) is 18.5. The first-order valence-electron chi connectivity index (χ1n) is 18.5. The Labute approximate surface area is 304 Å². The standard InChI is InChI=1S/C39H51FN6O6/c1-26(2)20-32-38(49)46-19-11-14-33(46)39(50)45(3)34(21-27-12-10-17-41-24-27)37(48)42-18-9-7-5-4-6-8-13-30-23-29(44-52-30)25-51-35-22-28(40)15-16-31(35)36(47)43-32/h10,12,15-17,22-24,26,32-34H,4-9,11,13-14,18-21,25H2,1-3H3,(H,42,48)(H,43,47)/t32-,33-,34+/m1/s1. The van der Waals surface area contributed by atoms with Crippen molar-refractivity contribution in [2.45, 2.75) is 109 Å². The minimum Gasteiger partial charge on any atom is -0.486 e. The predicted octanol–water partition coefficient (Wildman–Crippen LogP) is 5.01. The van der Waals surface area contributed by atoms with E-state index in [-0.39, 0.29) is 48.0 Å². The molecule has 280 valence electrons. The number of ether oxygens (including phenoxy) is 1. The minimum atomic E-state index is -0.963. The number of aromatic nitrogens is 2.